The highest BCUT2D eigenvalue weighted by molar-refractivity contribution is 7.47. The molecule has 0 rings (SSSR count). The van der Waals surface area contributed by atoms with Crippen LogP contribution in [0.2, 0.25) is 0 Å². The van der Waals surface area contributed by atoms with E-state index in [0.717, 1.165) is 51.4 Å². The van der Waals surface area contributed by atoms with E-state index in [-0.39, 0.29) is 32.7 Å². The Morgan fingerprint density at radius 2 is 1.29 bits per heavy atom. The molecule has 0 saturated carbocycles. The molecule has 0 heterocycles. The monoisotopic (exact) mass is 728 g/mol. The molecule has 2 atom stereocenters. The maximum atomic E-state index is 12.7. The fraction of sp³-hybridized carbons (Fsp3) is 0.925. The van der Waals surface area contributed by atoms with Crippen LogP contribution in [0.5, 0.6) is 0 Å². The van der Waals surface area contributed by atoms with E-state index < -0.39 is 45.9 Å². The van der Waals surface area contributed by atoms with Crippen LogP contribution in [0.4, 0.5) is 0 Å². The minimum Gasteiger partial charge on any atom is -0.498 e. The van der Waals surface area contributed by atoms with E-state index in [1.807, 2.05) is 27.2 Å². The zero-order chi connectivity index (χ0) is 44.2. The zero-order valence-corrected chi connectivity index (χ0v) is 32.7. The van der Waals surface area contributed by atoms with Crippen molar-refractivity contribution in [3.63, 3.8) is 0 Å². The first-order valence-corrected chi connectivity index (χ1v) is 20.9. The molecule has 9 heteroatoms. The van der Waals surface area contributed by atoms with Gasteiger partial charge in [0.15, 0.2) is 6.10 Å². The molecule has 1 N–H and O–H groups in total. The average Bonchev–Trinajstić information content (AvgIpc) is 3.11. The standard InChI is InChI=1S/C40H80NO7P/c1-6-8-10-12-14-16-18-20-22-24-26-28-30-32-35-45-37-39(38-47-49(43,44)46-36-34-41(3,4)5)48-40(42)33-31-29-27-25-23-21-19-17-15-13-11-9-7-2/h32,35,39H,6-31,33-34,36-38H2,1-5H3/p+1/b35-32-/t39-/m1/s1/i2D3,7D2,9D2,11D2. The molecular weight excluding hydrogens is 637 g/mol. The fourth-order valence-electron chi connectivity index (χ4n) is 5.23. The number of nitrogens with zero attached hydrogens (tertiary/aromatic N) is 1. The van der Waals surface area contributed by atoms with E-state index in [9.17, 15) is 14.3 Å². The van der Waals surface area contributed by atoms with E-state index in [1.165, 1.54) is 70.6 Å². The van der Waals surface area contributed by atoms with Gasteiger partial charge in [-0.3, -0.25) is 13.8 Å². The molecule has 49 heavy (non-hydrogen) atoms. The van der Waals surface area contributed by atoms with Gasteiger partial charge in [0.1, 0.15) is 19.8 Å². The third kappa shape index (κ3) is 38.1. The van der Waals surface area contributed by atoms with Crippen molar-refractivity contribution in [3.8, 4) is 0 Å². The van der Waals surface area contributed by atoms with Crippen LogP contribution < -0.4 is 0 Å². The van der Waals surface area contributed by atoms with Crippen LogP contribution in [0.15, 0.2) is 12.3 Å². The van der Waals surface area contributed by atoms with Gasteiger partial charge in [-0.2, -0.15) is 0 Å². The van der Waals surface area contributed by atoms with Crippen LogP contribution >= 0.6 is 7.82 Å². The third-order valence-electron chi connectivity index (χ3n) is 8.27. The smallest absolute Gasteiger partial charge is 0.472 e. The van der Waals surface area contributed by atoms with Gasteiger partial charge in [0.2, 0.25) is 0 Å². The van der Waals surface area contributed by atoms with E-state index in [4.69, 9.17) is 30.9 Å². The number of hydrogen-bond donors (Lipinski definition) is 1. The fourth-order valence-corrected chi connectivity index (χ4v) is 5.98. The molecule has 0 fully saturated rings. The van der Waals surface area contributed by atoms with E-state index in [1.54, 1.807) is 6.26 Å². The second-order valence-corrected chi connectivity index (χ2v) is 15.7. The Labute approximate surface area is 316 Å². The predicted molar refractivity (Wildman–Crippen MR) is 206 cm³/mol. The highest BCUT2D eigenvalue weighted by Gasteiger charge is 2.26. The van der Waals surface area contributed by atoms with Crippen LogP contribution in [0.1, 0.15) is 199 Å². The van der Waals surface area contributed by atoms with E-state index >= 15 is 0 Å². The number of phosphoric acid groups is 1. The van der Waals surface area contributed by atoms with Crippen molar-refractivity contribution in [2.45, 2.75) is 193 Å². The summed E-state index contributed by atoms with van der Waals surface area (Å²) in [7, 11) is 1.44. The molecule has 0 aliphatic rings. The lowest BCUT2D eigenvalue weighted by Gasteiger charge is -2.24. The molecular formula is C40H81NO7P+. The van der Waals surface area contributed by atoms with Crippen molar-refractivity contribution in [2.24, 2.45) is 0 Å². The Morgan fingerprint density at radius 1 is 0.755 bits per heavy atom. The summed E-state index contributed by atoms with van der Waals surface area (Å²) in [6.45, 7) is -0.903. The highest BCUT2D eigenvalue weighted by atomic mass is 31.2. The number of carbonyl (C=O) groups excluding carboxylic acids is 1. The summed E-state index contributed by atoms with van der Waals surface area (Å²) in [6.07, 6.45) is 16.5. The van der Waals surface area contributed by atoms with Gasteiger partial charge in [-0.05, 0) is 25.3 Å². The first-order valence-electron chi connectivity index (χ1n) is 23.9. The number of likely N-dealkylation sites (N-methyl/N-ethyl adjacent to an activating group) is 1. The van der Waals surface area contributed by atoms with Crippen LogP contribution in [-0.2, 0) is 27.9 Å². The van der Waals surface area contributed by atoms with Gasteiger partial charge in [0, 0.05) is 18.8 Å². The molecule has 0 spiro atoms. The summed E-state index contributed by atoms with van der Waals surface area (Å²) in [5.74, 6) is -0.451. The number of rotatable bonds is 38. The number of allylic oxidation sites excluding steroid dienone is 1. The highest BCUT2D eigenvalue weighted by Crippen LogP contribution is 2.43. The predicted octanol–water partition coefficient (Wildman–Crippen LogP) is 11.8. The minimum atomic E-state index is -4.36. The summed E-state index contributed by atoms with van der Waals surface area (Å²) in [5.41, 5.74) is 0. The molecule has 8 nitrogen and oxygen atoms in total. The second-order valence-electron chi connectivity index (χ2n) is 14.2. The van der Waals surface area contributed by atoms with Gasteiger partial charge >= 0.3 is 13.8 Å². The lowest BCUT2D eigenvalue weighted by Crippen LogP contribution is -2.37. The van der Waals surface area contributed by atoms with Crippen molar-refractivity contribution in [3.05, 3.63) is 12.3 Å². The molecule has 1 unspecified atom stereocenters. The number of quaternary nitrogens is 1. The molecule has 0 aromatic heterocycles. The first kappa shape index (κ1) is 33.9. The second kappa shape index (κ2) is 34.2. The van der Waals surface area contributed by atoms with E-state index in [2.05, 4.69) is 6.92 Å². The molecule has 0 saturated heterocycles. The number of phosphoric ester groups is 1. The van der Waals surface area contributed by atoms with Crippen molar-refractivity contribution >= 4 is 13.8 Å². The summed E-state index contributed by atoms with van der Waals surface area (Å²) in [4.78, 5) is 22.9. The topological polar surface area (TPSA) is 91.3 Å². The maximum absolute atomic E-state index is 12.7. The van der Waals surface area contributed by atoms with E-state index in [0.29, 0.717) is 30.3 Å². The minimum absolute atomic E-state index is 0.0238. The zero-order valence-electron chi connectivity index (χ0n) is 40.8. The van der Waals surface area contributed by atoms with Crippen molar-refractivity contribution < 1.29 is 49.6 Å². The normalized spacial score (nSPS) is 17.8. The average molecular weight is 728 g/mol. The van der Waals surface area contributed by atoms with Crippen molar-refractivity contribution in [1.82, 2.24) is 0 Å². The van der Waals surface area contributed by atoms with Crippen LogP contribution in [0.25, 0.3) is 0 Å². The van der Waals surface area contributed by atoms with Crippen LogP contribution in [0.3, 0.4) is 0 Å². The van der Waals surface area contributed by atoms with Crippen molar-refractivity contribution in [2.75, 3.05) is 47.5 Å². The lowest BCUT2D eigenvalue weighted by molar-refractivity contribution is -0.870. The number of carbonyl (C=O) groups is 1. The quantitative estimate of drug-likeness (QED) is 0.0222. The van der Waals surface area contributed by atoms with Gasteiger partial charge in [0.05, 0.1) is 34.0 Å². The molecule has 0 aliphatic carbocycles. The lowest BCUT2D eigenvalue weighted by atomic mass is 10.0. The summed E-state index contributed by atoms with van der Waals surface area (Å²) < 4.78 is 104. The summed E-state index contributed by atoms with van der Waals surface area (Å²) in [5, 5.41) is 0. The molecule has 0 aliphatic heterocycles. The Balaban J connectivity index is 4.50. The number of hydrogen-bond acceptors (Lipinski definition) is 6. The molecule has 0 aromatic rings. The summed E-state index contributed by atoms with van der Waals surface area (Å²) >= 11 is 0. The Kier molecular flexibility index (Phi) is 23.6. The Morgan fingerprint density at radius 3 is 1.84 bits per heavy atom. The Bertz CT molecular complexity index is 1140. The van der Waals surface area contributed by atoms with Crippen LogP contribution in [0, 0.1) is 0 Å². The maximum Gasteiger partial charge on any atom is 0.472 e. The van der Waals surface area contributed by atoms with Gasteiger partial charge in [-0.15, -0.1) is 0 Å². The molecule has 292 valence electrons. The summed E-state index contributed by atoms with van der Waals surface area (Å²) in [6, 6.07) is 0. The first-order chi connectivity index (χ1) is 27.0. The number of unbranched alkanes of at least 4 members (excludes halogenated alkanes) is 20. The Hall–Kier alpha value is -0.920. The van der Waals surface area contributed by atoms with Gasteiger partial charge in [-0.25, -0.2) is 4.57 Å². The number of esters is 1. The molecule has 0 radical (unpaired) electrons. The molecule has 0 bridgehead atoms. The third-order valence-corrected chi connectivity index (χ3v) is 9.25. The van der Waals surface area contributed by atoms with Gasteiger partial charge in [0.25, 0.3) is 0 Å². The van der Waals surface area contributed by atoms with Gasteiger partial charge in [-0.1, -0.05) is 161 Å². The van der Waals surface area contributed by atoms with Gasteiger partial charge < -0.3 is 18.9 Å². The largest absolute Gasteiger partial charge is 0.498 e. The SMILES string of the molecule is [2H]C([2H])([2H])C([2H])([2H])C([2H])([2H])C([2H])([2H])CCCCCCCCCCCC(=O)O[C@H](CO/C=C\CCCCCCCCCCCCCC)COP(=O)(O)OCC[N+](C)(C)C. The molecule has 0 aromatic carbocycles. The number of ether oxygens (including phenoxy) is 2. The van der Waals surface area contributed by atoms with Crippen molar-refractivity contribution in [1.29, 1.82) is 0 Å². The molecule has 0 amide bonds. The van der Waals surface area contributed by atoms with Crippen LogP contribution in [-0.4, -0.2) is 69.0 Å².